The summed E-state index contributed by atoms with van der Waals surface area (Å²) < 4.78 is 5.60. The Labute approximate surface area is 171 Å². The summed E-state index contributed by atoms with van der Waals surface area (Å²) in [6.07, 6.45) is 1.18. The minimum atomic E-state index is -0.320. The molecule has 2 atom stereocenters. The van der Waals surface area contributed by atoms with Crippen LogP contribution in [0.4, 0.5) is 5.69 Å². The molecule has 1 N–H and O–H groups in total. The summed E-state index contributed by atoms with van der Waals surface area (Å²) >= 11 is 0. The first-order chi connectivity index (χ1) is 14.0. The first-order valence-corrected chi connectivity index (χ1v) is 10.1. The Morgan fingerprint density at radius 2 is 2.03 bits per heavy atom. The molecule has 6 nitrogen and oxygen atoms in total. The number of anilines is 1. The number of likely N-dealkylation sites (N-methyl/N-ethyl adjacent to an activating group) is 1. The molecule has 152 valence electrons. The number of hydrogen-bond acceptors (Lipinski definition) is 4. The first kappa shape index (κ1) is 19.5. The molecule has 2 aliphatic heterocycles. The monoisotopic (exact) mass is 393 g/mol. The van der Waals surface area contributed by atoms with Crippen LogP contribution in [0, 0.1) is 5.92 Å². The van der Waals surface area contributed by atoms with Crippen molar-refractivity contribution in [1.82, 2.24) is 10.2 Å². The maximum atomic E-state index is 12.8. The molecule has 0 saturated carbocycles. The highest BCUT2D eigenvalue weighted by Gasteiger charge is 2.35. The van der Waals surface area contributed by atoms with Crippen LogP contribution < -0.4 is 15.0 Å². The van der Waals surface area contributed by atoms with Crippen LogP contribution in [-0.2, 0) is 16.0 Å². The Morgan fingerprint density at radius 3 is 2.79 bits per heavy atom. The molecule has 2 unspecified atom stereocenters. The lowest BCUT2D eigenvalue weighted by molar-refractivity contribution is -0.126. The molecule has 0 radical (unpaired) electrons. The summed E-state index contributed by atoms with van der Waals surface area (Å²) in [5, 5.41) is 3.07. The summed E-state index contributed by atoms with van der Waals surface area (Å²) in [6.45, 7) is 1.66. The predicted molar refractivity (Wildman–Crippen MR) is 112 cm³/mol. The van der Waals surface area contributed by atoms with Gasteiger partial charge in [-0.15, -0.1) is 0 Å². The van der Waals surface area contributed by atoms with Gasteiger partial charge in [-0.05, 0) is 43.4 Å². The summed E-state index contributed by atoms with van der Waals surface area (Å²) in [4.78, 5) is 29.0. The zero-order valence-corrected chi connectivity index (χ0v) is 16.9. The zero-order valence-electron chi connectivity index (χ0n) is 16.9. The molecule has 0 aromatic heterocycles. The molecule has 2 heterocycles. The molecular formula is C23H27N3O3. The Morgan fingerprint density at radius 1 is 1.24 bits per heavy atom. The number of para-hydroxylation sites is 1. The van der Waals surface area contributed by atoms with Gasteiger partial charge < -0.3 is 19.9 Å². The van der Waals surface area contributed by atoms with E-state index in [1.54, 1.807) is 4.90 Å². The number of benzene rings is 2. The number of ether oxygens (including phenoxy) is 1. The van der Waals surface area contributed by atoms with E-state index < -0.39 is 0 Å². The van der Waals surface area contributed by atoms with E-state index >= 15 is 0 Å². The number of nitrogens with one attached hydrogen (secondary N) is 1. The third-order valence-corrected chi connectivity index (χ3v) is 5.75. The molecule has 0 bridgehead atoms. The topological polar surface area (TPSA) is 61.9 Å². The quantitative estimate of drug-likeness (QED) is 0.819. The van der Waals surface area contributed by atoms with E-state index in [1.165, 1.54) is 5.56 Å². The molecule has 0 aliphatic carbocycles. The van der Waals surface area contributed by atoms with Gasteiger partial charge in [0.05, 0.1) is 18.6 Å². The van der Waals surface area contributed by atoms with E-state index in [0.717, 1.165) is 30.0 Å². The van der Waals surface area contributed by atoms with E-state index in [2.05, 4.69) is 22.3 Å². The van der Waals surface area contributed by atoms with Crippen molar-refractivity contribution >= 4 is 17.5 Å². The van der Waals surface area contributed by atoms with Gasteiger partial charge in [0.1, 0.15) is 5.75 Å². The average Bonchev–Trinajstić information content (AvgIpc) is 3.34. The van der Waals surface area contributed by atoms with E-state index in [1.807, 2.05) is 50.5 Å². The molecule has 1 fully saturated rings. The summed E-state index contributed by atoms with van der Waals surface area (Å²) in [6, 6.07) is 15.8. The fourth-order valence-electron chi connectivity index (χ4n) is 4.09. The number of carbonyl (C=O) groups excluding carboxylic acids is 2. The Kier molecular flexibility index (Phi) is 5.53. The number of hydrogen-bond donors (Lipinski definition) is 1. The third-order valence-electron chi connectivity index (χ3n) is 5.75. The second kappa shape index (κ2) is 8.25. The Balaban J connectivity index is 1.39. The highest BCUT2D eigenvalue weighted by Crippen LogP contribution is 2.30. The van der Waals surface area contributed by atoms with Gasteiger partial charge in [-0.2, -0.15) is 0 Å². The van der Waals surface area contributed by atoms with Crippen molar-refractivity contribution in [3.8, 4) is 5.75 Å². The summed E-state index contributed by atoms with van der Waals surface area (Å²) in [5.74, 6) is 0.576. The molecule has 4 rings (SSSR count). The maximum absolute atomic E-state index is 12.8. The second-order valence-electron chi connectivity index (χ2n) is 7.93. The van der Waals surface area contributed by atoms with Gasteiger partial charge in [-0.1, -0.05) is 30.3 Å². The first-order valence-electron chi connectivity index (χ1n) is 10.1. The van der Waals surface area contributed by atoms with Crippen molar-refractivity contribution in [2.24, 2.45) is 5.92 Å². The highest BCUT2D eigenvalue weighted by molar-refractivity contribution is 6.00. The Bertz CT molecular complexity index is 897. The van der Waals surface area contributed by atoms with E-state index in [0.29, 0.717) is 13.1 Å². The highest BCUT2D eigenvalue weighted by atomic mass is 16.5. The van der Waals surface area contributed by atoms with E-state index in [9.17, 15) is 9.59 Å². The van der Waals surface area contributed by atoms with Gasteiger partial charge in [0, 0.05) is 31.6 Å². The van der Waals surface area contributed by atoms with Gasteiger partial charge in [0.2, 0.25) is 11.8 Å². The average molecular weight is 393 g/mol. The van der Waals surface area contributed by atoms with Crippen LogP contribution in [0.3, 0.4) is 0 Å². The predicted octanol–water partition coefficient (Wildman–Crippen LogP) is 2.39. The number of nitrogens with zero attached hydrogens (tertiary/aromatic N) is 2. The molecule has 2 aromatic rings. The normalized spacial score (nSPS) is 19.2. The van der Waals surface area contributed by atoms with Crippen molar-refractivity contribution < 1.29 is 14.3 Å². The SMILES string of the molecule is CN(C)C(CNC(=O)C1CC(=O)N(c2ccccc2)C1)c1ccc2c(c1)CCO2. The fourth-order valence-corrected chi connectivity index (χ4v) is 4.09. The van der Waals surface area contributed by atoms with Crippen LogP contribution in [0.5, 0.6) is 5.75 Å². The Hall–Kier alpha value is -2.86. The zero-order chi connectivity index (χ0) is 20.4. The van der Waals surface area contributed by atoms with Crippen LogP contribution in [-0.4, -0.2) is 50.5 Å². The van der Waals surface area contributed by atoms with E-state index in [4.69, 9.17) is 4.74 Å². The van der Waals surface area contributed by atoms with Crippen molar-refractivity contribution in [3.05, 3.63) is 59.7 Å². The number of carbonyl (C=O) groups is 2. The van der Waals surface area contributed by atoms with Crippen molar-refractivity contribution in [1.29, 1.82) is 0 Å². The molecule has 29 heavy (non-hydrogen) atoms. The van der Waals surface area contributed by atoms with Gasteiger partial charge >= 0.3 is 0 Å². The van der Waals surface area contributed by atoms with Crippen molar-refractivity contribution in [2.75, 3.05) is 38.7 Å². The molecule has 6 heteroatoms. The molecule has 0 spiro atoms. The molecule has 1 saturated heterocycles. The van der Waals surface area contributed by atoms with Crippen LogP contribution in [0.1, 0.15) is 23.6 Å². The lowest BCUT2D eigenvalue weighted by Crippen LogP contribution is -2.38. The van der Waals surface area contributed by atoms with Crippen LogP contribution in [0.15, 0.2) is 48.5 Å². The lowest BCUT2D eigenvalue weighted by Gasteiger charge is -2.26. The largest absolute Gasteiger partial charge is 0.493 e. The van der Waals surface area contributed by atoms with Gasteiger partial charge in [0.25, 0.3) is 0 Å². The minimum Gasteiger partial charge on any atom is -0.493 e. The van der Waals surface area contributed by atoms with Crippen molar-refractivity contribution in [2.45, 2.75) is 18.9 Å². The molecule has 2 aliphatic rings. The smallest absolute Gasteiger partial charge is 0.227 e. The minimum absolute atomic E-state index is 0.000804. The summed E-state index contributed by atoms with van der Waals surface area (Å²) in [7, 11) is 4.02. The van der Waals surface area contributed by atoms with Gasteiger partial charge in [-0.3, -0.25) is 9.59 Å². The molecule has 2 aromatic carbocycles. The van der Waals surface area contributed by atoms with Gasteiger partial charge in [-0.25, -0.2) is 0 Å². The second-order valence-corrected chi connectivity index (χ2v) is 7.93. The van der Waals surface area contributed by atoms with Crippen LogP contribution >= 0.6 is 0 Å². The number of fused-ring (bicyclic) bond motifs is 1. The fraction of sp³-hybridized carbons (Fsp3) is 0.391. The van der Waals surface area contributed by atoms with Crippen LogP contribution in [0.25, 0.3) is 0 Å². The third kappa shape index (κ3) is 4.12. The standard InChI is InChI=1S/C23H27N3O3/c1-25(2)20(16-8-9-21-17(12-16)10-11-29-21)14-24-23(28)18-13-22(27)26(15-18)19-6-4-3-5-7-19/h3-9,12,18,20H,10-11,13-15H2,1-2H3,(H,24,28). The molecular weight excluding hydrogens is 366 g/mol. The van der Waals surface area contributed by atoms with Crippen molar-refractivity contribution in [3.63, 3.8) is 0 Å². The number of amides is 2. The summed E-state index contributed by atoms with van der Waals surface area (Å²) in [5.41, 5.74) is 3.23. The lowest BCUT2D eigenvalue weighted by atomic mass is 10.0. The molecule has 2 amide bonds. The number of rotatable bonds is 6. The van der Waals surface area contributed by atoms with Crippen LogP contribution in [0.2, 0.25) is 0 Å². The van der Waals surface area contributed by atoms with Gasteiger partial charge in [0.15, 0.2) is 0 Å². The van der Waals surface area contributed by atoms with E-state index in [-0.39, 0.29) is 30.2 Å². The maximum Gasteiger partial charge on any atom is 0.227 e.